The molecule has 2 aliphatic rings. The number of carbonyl (C=O) groups is 2. The second kappa shape index (κ2) is 9.12. The second-order valence-corrected chi connectivity index (χ2v) is 9.06. The first kappa shape index (κ1) is 22.2. The lowest BCUT2D eigenvalue weighted by Gasteiger charge is -2.45. The second-order valence-electron chi connectivity index (χ2n) is 9.06. The van der Waals surface area contributed by atoms with Crippen LogP contribution in [-0.4, -0.2) is 91.3 Å². The lowest BCUT2D eigenvalue weighted by molar-refractivity contribution is -0.00713. The molecule has 1 aromatic carbocycles. The minimum absolute atomic E-state index is 0.00156. The molecule has 2 saturated heterocycles. The summed E-state index contributed by atoms with van der Waals surface area (Å²) in [7, 11) is 2.13. The summed E-state index contributed by atoms with van der Waals surface area (Å²) in [5.74, 6) is 0. The van der Waals surface area contributed by atoms with Crippen molar-refractivity contribution in [2.75, 3.05) is 63.1 Å². The number of piperazine rings is 1. The van der Waals surface area contributed by atoms with Crippen molar-refractivity contribution in [2.45, 2.75) is 39.3 Å². The van der Waals surface area contributed by atoms with Crippen LogP contribution in [0.25, 0.3) is 0 Å². The number of nitrogens with zero attached hydrogens (tertiary/aromatic N) is 4. The largest absolute Gasteiger partial charge is 0.444 e. The Kier molecular flexibility index (Phi) is 6.75. The molecule has 2 aliphatic heterocycles. The van der Waals surface area contributed by atoms with Gasteiger partial charge in [0.25, 0.3) is 0 Å². The first-order valence-corrected chi connectivity index (χ1v) is 10.8. The Morgan fingerprint density at radius 1 is 1.13 bits per heavy atom. The Bertz CT molecular complexity index is 749. The quantitative estimate of drug-likeness (QED) is 0.816. The lowest BCUT2D eigenvalue weighted by atomic mass is 10.1. The molecule has 8 nitrogen and oxygen atoms in total. The van der Waals surface area contributed by atoms with E-state index in [1.807, 2.05) is 45.9 Å². The fraction of sp³-hybridized carbons (Fsp3) is 0.636. The van der Waals surface area contributed by atoms with E-state index >= 15 is 0 Å². The van der Waals surface area contributed by atoms with Crippen LogP contribution >= 0.6 is 0 Å². The molecule has 0 saturated carbocycles. The number of nitrogens with one attached hydrogen (secondary N) is 1. The molecule has 1 aromatic rings. The van der Waals surface area contributed by atoms with Crippen molar-refractivity contribution >= 4 is 23.5 Å². The summed E-state index contributed by atoms with van der Waals surface area (Å²) in [6, 6.07) is 7.83. The van der Waals surface area contributed by atoms with Gasteiger partial charge in [-0.25, -0.2) is 9.59 Å². The van der Waals surface area contributed by atoms with E-state index in [-0.39, 0.29) is 18.2 Å². The maximum Gasteiger partial charge on any atom is 0.410 e. The monoisotopic (exact) mass is 417 g/mol. The zero-order chi connectivity index (χ0) is 21.9. The molecule has 8 heteroatoms. The summed E-state index contributed by atoms with van der Waals surface area (Å²) in [5, 5.41) is 3.10. The number of para-hydroxylation sites is 2. The first-order valence-electron chi connectivity index (χ1n) is 10.8. The van der Waals surface area contributed by atoms with Crippen molar-refractivity contribution in [1.82, 2.24) is 14.7 Å². The minimum Gasteiger partial charge on any atom is -0.444 e. The van der Waals surface area contributed by atoms with Crippen LogP contribution in [0.2, 0.25) is 0 Å². The van der Waals surface area contributed by atoms with Gasteiger partial charge in [0.15, 0.2) is 0 Å². The number of hydrogen-bond acceptors (Lipinski definition) is 5. The number of ether oxygens (including phenoxy) is 1. The van der Waals surface area contributed by atoms with Gasteiger partial charge >= 0.3 is 12.1 Å². The molecule has 2 heterocycles. The van der Waals surface area contributed by atoms with Gasteiger partial charge in [-0.05, 0) is 46.9 Å². The van der Waals surface area contributed by atoms with E-state index in [0.717, 1.165) is 37.6 Å². The smallest absolute Gasteiger partial charge is 0.410 e. The number of likely N-dealkylation sites (N-methyl/N-ethyl adjacent to an activating group) is 2. The molecule has 0 aromatic heterocycles. The Morgan fingerprint density at radius 3 is 2.37 bits per heavy atom. The van der Waals surface area contributed by atoms with E-state index in [1.165, 1.54) is 0 Å². The third-order valence-corrected chi connectivity index (χ3v) is 5.55. The highest BCUT2D eigenvalue weighted by Crippen LogP contribution is 2.27. The summed E-state index contributed by atoms with van der Waals surface area (Å²) in [4.78, 5) is 33.3. The highest BCUT2D eigenvalue weighted by Gasteiger charge is 2.38. The van der Waals surface area contributed by atoms with Crippen molar-refractivity contribution in [3.63, 3.8) is 0 Å². The minimum atomic E-state index is -0.517. The number of benzene rings is 1. The van der Waals surface area contributed by atoms with Gasteiger partial charge in [0.1, 0.15) is 5.60 Å². The molecule has 2 fully saturated rings. The van der Waals surface area contributed by atoms with Crippen LogP contribution in [0, 0.1) is 0 Å². The molecule has 0 spiro atoms. The first-order chi connectivity index (χ1) is 14.2. The molecule has 1 N–H and O–H groups in total. The number of rotatable bonds is 4. The van der Waals surface area contributed by atoms with Crippen LogP contribution in [0.15, 0.2) is 24.3 Å². The summed E-state index contributed by atoms with van der Waals surface area (Å²) < 4.78 is 5.41. The lowest BCUT2D eigenvalue weighted by Crippen LogP contribution is -2.63. The van der Waals surface area contributed by atoms with Gasteiger partial charge in [0.2, 0.25) is 0 Å². The number of carbonyl (C=O) groups excluding carboxylic acids is 2. The van der Waals surface area contributed by atoms with E-state index in [1.54, 1.807) is 9.80 Å². The predicted molar refractivity (Wildman–Crippen MR) is 119 cm³/mol. The van der Waals surface area contributed by atoms with Crippen molar-refractivity contribution < 1.29 is 14.3 Å². The molecule has 0 aliphatic carbocycles. The van der Waals surface area contributed by atoms with E-state index in [0.29, 0.717) is 19.6 Å². The summed E-state index contributed by atoms with van der Waals surface area (Å²) in [5.41, 5.74) is 1.37. The highest BCUT2D eigenvalue weighted by atomic mass is 16.6. The molecular formula is C22H35N5O3. The Hall–Kier alpha value is -2.48. The van der Waals surface area contributed by atoms with Crippen LogP contribution in [0.1, 0.15) is 27.7 Å². The number of likely N-dealkylation sites (tertiary alicyclic amines) is 1. The van der Waals surface area contributed by atoms with E-state index in [2.05, 4.69) is 28.2 Å². The average Bonchev–Trinajstić information content (AvgIpc) is 2.63. The van der Waals surface area contributed by atoms with Crippen LogP contribution < -0.4 is 10.2 Å². The number of amides is 3. The maximum absolute atomic E-state index is 13.0. The Labute approximate surface area is 179 Å². The average molecular weight is 418 g/mol. The van der Waals surface area contributed by atoms with Gasteiger partial charge < -0.3 is 29.7 Å². The van der Waals surface area contributed by atoms with Crippen LogP contribution in [0.3, 0.4) is 0 Å². The molecule has 0 atom stereocenters. The van der Waals surface area contributed by atoms with Gasteiger partial charge in [-0.1, -0.05) is 12.1 Å². The molecule has 0 radical (unpaired) electrons. The Balaban J connectivity index is 1.60. The van der Waals surface area contributed by atoms with Gasteiger partial charge in [-0.3, -0.25) is 0 Å². The number of anilines is 2. The summed E-state index contributed by atoms with van der Waals surface area (Å²) >= 11 is 0. The molecular weight excluding hydrogens is 382 g/mol. The predicted octanol–water partition coefficient (Wildman–Crippen LogP) is 2.91. The summed E-state index contributed by atoms with van der Waals surface area (Å²) in [6.45, 7) is 13.0. The maximum atomic E-state index is 13.0. The zero-order valence-corrected chi connectivity index (χ0v) is 18.9. The zero-order valence-electron chi connectivity index (χ0n) is 18.9. The van der Waals surface area contributed by atoms with Gasteiger partial charge in [0, 0.05) is 45.8 Å². The van der Waals surface area contributed by atoms with Crippen LogP contribution in [-0.2, 0) is 4.74 Å². The van der Waals surface area contributed by atoms with Gasteiger partial charge in [-0.15, -0.1) is 0 Å². The highest BCUT2D eigenvalue weighted by molar-refractivity contribution is 5.93. The van der Waals surface area contributed by atoms with Crippen LogP contribution in [0.5, 0.6) is 0 Å². The van der Waals surface area contributed by atoms with Gasteiger partial charge in [-0.2, -0.15) is 0 Å². The van der Waals surface area contributed by atoms with Crippen molar-refractivity contribution in [3.05, 3.63) is 24.3 Å². The van der Waals surface area contributed by atoms with E-state index in [4.69, 9.17) is 4.74 Å². The topological polar surface area (TPSA) is 68.4 Å². The van der Waals surface area contributed by atoms with Crippen molar-refractivity contribution in [2.24, 2.45) is 0 Å². The normalized spacial score (nSPS) is 18.0. The molecule has 0 unspecified atom stereocenters. The molecule has 3 amide bonds. The van der Waals surface area contributed by atoms with Crippen molar-refractivity contribution in [3.8, 4) is 0 Å². The third kappa shape index (κ3) is 5.36. The van der Waals surface area contributed by atoms with E-state index in [9.17, 15) is 9.59 Å². The summed E-state index contributed by atoms with van der Waals surface area (Å²) in [6.07, 6.45) is -0.323. The number of urea groups is 1. The third-order valence-electron chi connectivity index (χ3n) is 5.55. The van der Waals surface area contributed by atoms with E-state index < -0.39 is 5.60 Å². The molecule has 166 valence electrons. The van der Waals surface area contributed by atoms with Crippen molar-refractivity contribution in [1.29, 1.82) is 0 Å². The number of hydrogen-bond donors (Lipinski definition) is 1. The fourth-order valence-electron chi connectivity index (χ4n) is 3.79. The molecule has 0 bridgehead atoms. The van der Waals surface area contributed by atoms with Gasteiger partial charge in [0.05, 0.1) is 17.4 Å². The fourth-order valence-corrected chi connectivity index (χ4v) is 3.79. The van der Waals surface area contributed by atoms with Crippen LogP contribution in [0.4, 0.5) is 21.0 Å². The standard InChI is InChI=1S/C22H35N5O3/c1-6-27(17-15-26(16-17)21(29)30-22(2,3)4)20(28)23-18-9-7-8-10-19(18)25-13-11-24(5)12-14-25/h7-10,17H,6,11-16H2,1-5H3,(H,23,28). The Morgan fingerprint density at radius 2 is 1.77 bits per heavy atom. The molecule has 3 rings (SSSR count). The molecule has 30 heavy (non-hydrogen) atoms. The SMILES string of the molecule is CCN(C(=O)Nc1ccccc1N1CCN(C)CC1)C1CN(C(=O)OC(C)(C)C)C1.